The van der Waals surface area contributed by atoms with Crippen LogP contribution in [0.2, 0.25) is 10.0 Å². The standard InChI is InChI=1S/C29H33Cl2N5O5/c1-5-17(37)10-16-14-41-15-21(16)33-24-11-19-20(13-32-24)34-28(35-29(19)36-8-6-18(38-2)7-9-36)25-26(30)22(39-3)12-23(40-4)27(25)31/h5,11-13,16,18,21H,1,6-10,14-15H2,2-4H3,(H,32,33)/t16-,21+/m0/s1. The van der Waals surface area contributed by atoms with Crippen LogP contribution in [0.3, 0.4) is 0 Å². The van der Waals surface area contributed by atoms with Crippen LogP contribution in [-0.4, -0.2) is 80.5 Å². The van der Waals surface area contributed by atoms with E-state index in [2.05, 4.69) is 21.8 Å². The molecule has 218 valence electrons. The van der Waals surface area contributed by atoms with E-state index in [9.17, 15) is 4.79 Å². The number of hydrogen-bond acceptors (Lipinski definition) is 10. The number of rotatable bonds is 10. The molecule has 41 heavy (non-hydrogen) atoms. The smallest absolute Gasteiger partial charge is 0.165 e. The lowest BCUT2D eigenvalue weighted by atomic mass is 9.97. The normalized spacial score (nSPS) is 19.4. The third kappa shape index (κ3) is 6.06. The first-order valence-electron chi connectivity index (χ1n) is 13.4. The van der Waals surface area contributed by atoms with Crippen molar-refractivity contribution in [2.24, 2.45) is 5.92 Å². The zero-order valence-electron chi connectivity index (χ0n) is 23.3. The van der Waals surface area contributed by atoms with E-state index >= 15 is 0 Å². The van der Waals surface area contributed by atoms with E-state index < -0.39 is 0 Å². The molecule has 2 aliphatic rings. The highest BCUT2D eigenvalue weighted by molar-refractivity contribution is 6.41. The lowest BCUT2D eigenvalue weighted by Gasteiger charge is -2.33. The highest BCUT2D eigenvalue weighted by atomic mass is 35.5. The third-order valence-electron chi connectivity index (χ3n) is 7.66. The first-order chi connectivity index (χ1) is 19.9. The minimum atomic E-state index is -0.0631. The van der Waals surface area contributed by atoms with E-state index in [0.29, 0.717) is 53.9 Å². The quantitative estimate of drug-likeness (QED) is 0.311. The SMILES string of the molecule is C=CC(=O)C[C@H]1COC[C@H]1Nc1cc2c(N3CCC(OC)CC3)nc(-c3c(Cl)c(OC)cc(OC)c3Cl)nc2cn1. The van der Waals surface area contributed by atoms with Gasteiger partial charge in [-0.1, -0.05) is 29.8 Å². The van der Waals surface area contributed by atoms with Crippen LogP contribution < -0.4 is 19.7 Å². The van der Waals surface area contributed by atoms with Crippen molar-refractivity contribution in [2.75, 3.05) is 57.8 Å². The summed E-state index contributed by atoms with van der Waals surface area (Å²) < 4.78 is 22.2. The molecule has 0 unspecified atom stereocenters. The highest BCUT2D eigenvalue weighted by Crippen LogP contribution is 2.46. The average molecular weight is 603 g/mol. The van der Waals surface area contributed by atoms with E-state index in [1.807, 2.05) is 6.07 Å². The van der Waals surface area contributed by atoms with Crippen molar-refractivity contribution in [3.63, 3.8) is 0 Å². The predicted octanol–water partition coefficient (Wildman–Crippen LogP) is 5.20. The molecule has 0 aliphatic carbocycles. The summed E-state index contributed by atoms with van der Waals surface area (Å²) in [5, 5.41) is 4.86. The Morgan fingerprint density at radius 2 is 1.83 bits per heavy atom. The van der Waals surface area contributed by atoms with Crippen LogP contribution in [0.5, 0.6) is 11.5 Å². The van der Waals surface area contributed by atoms with E-state index in [1.165, 1.54) is 20.3 Å². The zero-order chi connectivity index (χ0) is 29.1. The molecule has 2 atom stereocenters. The first-order valence-corrected chi connectivity index (χ1v) is 14.2. The van der Waals surface area contributed by atoms with Crippen LogP contribution in [0.1, 0.15) is 19.3 Å². The maximum atomic E-state index is 12.0. The molecule has 1 N–H and O–H groups in total. The summed E-state index contributed by atoms with van der Waals surface area (Å²) in [5.74, 6) is 2.53. The van der Waals surface area contributed by atoms with Gasteiger partial charge >= 0.3 is 0 Å². The first kappa shape index (κ1) is 29.3. The van der Waals surface area contributed by atoms with Crippen molar-refractivity contribution in [3.05, 3.63) is 41.0 Å². The lowest BCUT2D eigenvalue weighted by Crippen LogP contribution is -2.37. The number of anilines is 2. The number of methoxy groups -OCH3 is 3. The molecule has 2 saturated heterocycles. The number of ketones is 1. The summed E-state index contributed by atoms with van der Waals surface area (Å²) in [6.07, 6.45) is 5.34. The van der Waals surface area contributed by atoms with Crippen molar-refractivity contribution >= 4 is 51.5 Å². The van der Waals surface area contributed by atoms with E-state index in [0.717, 1.165) is 37.1 Å². The van der Waals surface area contributed by atoms with Crippen LogP contribution >= 0.6 is 23.2 Å². The molecular formula is C29H33Cl2N5O5. The third-order valence-corrected chi connectivity index (χ3v) is 8.41. The van der Waals surface area contributed by atoms with Gasteiger partial charge in [0.25, 0.3) is 0 Å². The summed E-state index contributed by atoms with van der Waals surface area (Å²) in [6.45, 7) is 6.07. The van der Waals surface area contributed by atoms with Crippen molar-refractivity contribution in [3.8, 4) is 22.9 Å². The summed E-state index contributed by atoms with van der Waals surface area (Å²) in [4.78, 5) is 28.7. The van der Waals surface area contributed by atoms with Crippen LogP contribution in [0.4, 0.5) is 11.6 Å². The van der Waals surface area contributed by atoms with Crippen molar-refractivity contribution in [2.45, 2.75) is 31.4 Å². The van der Waals surface area contributed by atoms with Gasteiger partial charge in [-0.15, -0.1) is 0 Å². The van der Waals surface area contributed by atoms with Gasteiger partial charge in [0.15, 0.2) is 11.6 Å². The molecule has 0 spiro atoms. The maximum absolute atomic E-state index is 12.0. The Morgan fingerprint density at radius 1 is 1.12 bits per heavy atom. The van der Waals surface area contributed by atoms with Crippen LogP contribution in [0.25, 0.3) is 22.3 Å². The molecule has 0 amide bonds. The Labute approximate surface area is 248 Å². The molecule has 0 bridgehead atoms. The molecule has 1 aromatic carbocycles. The van der Waals surface area contributed by atoms with Crippen LogP contribution in [-0.2, 0) is 14.3 Å². The summed E-state index contributed by atoms with van der Waals surface area (Å²) >= 11 is 13.5. The van der Waals surface area contributed by atoms with E-state index in [1.54, 1.807) is 19.4 Å². The number of ether oxygens (including phenoxy) is 4. The molecule has 5 rings (SSSR count). The molecule has 0 saturated carbocycles. The van der Waals surface area contributed by atoms with Gasteiger partial charge in [0.2, 0.25) is 0 Å². The fraction of sp³-hybridized carbons (Fsp3) is 0.448. The number of carbonyl (C=O) groups excluding carboxylic acids is 1. The molecule has 4 heterocycles. The number of halogens is 2. The zero-order valence-corrected chi connectivity index (χ0v) is 24.8. The number of allylic oxidation sites excluding steroid dienone is 1. The molecule has 2 aromatic heterocycles. The minimum absolute atomic E-state index is 0.00653. The van der Waals surface area contributed by atoms with Crippen LogP contribution in [0, 0.1) is 5.92 Å². The van der Waals surface area contributed by atoms with E-state index in [4.69, 9.17) is 52.1 Å². The van der Waals surface area contributed by atoms with Crippen molar-refractivity contribution in [1.82, 2.24) is 15.0 Å². The minimum Gasteiger partial charge on any atom is -0.495 e. The van der Waals surface area contributed by atoms with Gasteiger partial charge in [-0.05, 0) is 25.0 Å². The van der Waals surface area contributed by atoms with Gasteiger partial charge in [0, 0.05) is 44.0 Å². The summed E-state index contributed by atoms with van der Waals surface area (Å²) in [7, 11) is 4.79. The Kier molecular flexibility index (Phi) is 9.13. The van der Waals surface area contributed by atoms with Gasteiger partial charge < -0.3 is 29.2 Å². The second kappa shape index (κ2) is 12.8. The number of nitrogens with zero attached hydrogens (tertiary/aromatic N) is 4. The number of piperidine rings is 1. The molecule has 12 heteroatoms. The number of nitrogens with one attached hydrogen (secondary N) is 1. The number of carbonyl (C=O) groups is 1. The molecule has 2 aliphatic heterocycles. The number of benzene rings is 1. The second-order valence-electron chi connectivity index (χ2n) is 10.1. The summed E-state index contributed by atoms with van der Waals surface area (Å²) in [6, 6.07) is 3.51. The monoisotopic (exact) mass is 601 g/mol. The van der Waals surface area contributed by atoms with Gasteiger partial charge in [-0.2, -0.15) is 0 Å². The summed E-state index contributed by atoms with van der Waals surface area (Å²) in [5.41, 5.74) is 1.04. The largest absolute Gasteiger partial charge is 0.495 e. The molecular weight excluding hydrogens is 569 g/mol. The molecule has 3 aromatic rings. The highest BCUT2D eigenvalue weighted by Gasteiger charge is 2.31. The van der Waals surface area contributed by atoms with E-state index in [-0.39, 0.29) is 33.9 Å². The van der Waals surface area contributed by atoms with Gasteiger partial charge in [-0.3, -0.25) is 4.79 Å². The molecule has 2 fully saturated rings. The maximum Gasteiger partial charge on any atom is 0.165 e. The Hall–Kier alpha value is -3.18. The van der Waals surface area contributed by atoms with Crippen molar-refractivity contribution in [1.29, 1.82) is 0 Å². The average Bonchev–Trinajstić information content (AvgIpc) is 3.43. The molecule has 10 nitrogen and oxygen atoms in total. The fourth-order valence-corrected chi connectivity index (χ4v) is 5.99. The lowest BCUT2D eigenvalue weighted by molar-refractivity contribution is -0.115. The van der Waals surface area contributed by atoms with Crippen molar-refractivity contribution < 1.29 is 23.7 Å². The Balaban J connectivity index is 1.58. The number of pyridine rings is 1. The predicted molar refractivity (Wildman–Crippen MR) is 160 cm³/mol. The topological polar surface area (TPSA) is 108 Å². The van der Waals surface area contributed by atoms with Gasteiger partial charge in [0.05, 0.1) is 66.9 Å². The number of aromatic nitrogens is 3. The Bertz CT molecular complexity index is 1420. The number of hydrogen-bond donors (Lipinski definition) is 1. The van der Waals surface area contributed by atoms with Gasteiger partial charge in [0.1, 0.15) is 23.1 Å². The van der Waals surface area contributed by atoms with Crippen LogP contribution in [0.15, 0.2) is 31.0 Å². The number of fused-ring (bicyclic) bond motifs is 1. The van der Waals surface area contributed by atoms with Gasteiger partial charge in [-0.25, -0.2) is 15.0 Å². The Morgan fingerprint density at radius 3 is 2.46 bits per heavy atom. The molecule has 0 radical (unpaired) electrons. The second-order valence-corrected chi connectivity index (χ2v) is 10.8. The fourth-order valence-electron chi connectivity index (χ4n) is 5.32.